The van der Waals surface area contributed by atoms with E-state index in [9.17, 15) is 14.4 Å². The Morgan fingerprint density at radius 3 is 2.83 bits per heavy atom. The van der Waals surface area contributed by atoms with Crippen LogP contribution >= 0.6 is 46.7 Å². The fourth-order valence-corrected chi connectivity index (χ4v) is 6.85. The van der Waals surface area contributed by atoms with Crippen LogP contribution in [0.25, 0.3) is 6.08 Å². The van der Waals surface area contributed by atoms with E-state index in [2.05, 4.69) is 5.32 Å². The van der Waals surface area contributed by atoms with Gasteiger partial charge in [-0.25, -0.2) is 0 Å². The number of fused-ring (bicyclic) bond motifs is 1. The van der Waals surface area contributed by atoms with Gasteiger partial charge in [-0.05, 0) is 48.8 Å². The maximum Gasteiger partial charge on any atom is 0.266 e. The number of carbonyl (C=O) groups excluding carboxylic acids is 3. The number of primary amides is 1. The van der Waals surface area contributed by atoms with Crippen LogP contribution in [0.1, 0.15) is 44.9 Å². The van der Waals surface area contributed by atoms with Crippen LogP contribution in [0.4, 0.5) is 5.00 Å². The molecule has 2 aromatic rings. The number of carbonyl (C=O) groups is 3. The van der Waals surface area contributed by atoms with Gasteiger partial charge in [-0.15, -0.1) is 22.7 Å². The van der Waals surface area contributed by atoms with E-state index in [-0.39, 0.29) is 24.8 Å². The van der Waals surface area contributed by atoms with Gasteiger partial charge in [0.15, 0.2) is 0 Å². The van der Waals surface area contributed by atoms with Gasteiger partial charge >= 0.3 is 0 Å². The van der Waals surface area contributed by atoms with Gasteiger partial charge in [0.2, 0.25) is 5.91 Å². The van der Waals surface area contributed by atoms with Crippen LogP contribution in [0.2, 0.25) is 0 Å². The molecule has 2 aliphatic rings. The molecule has 156 valence electrons. The lowest BCUT2D eigenvalue weighted by atomic mass is 9.95. The van der Waals surface area contributed by atoms with Gasteiger partial charge in [-0.2, -0.15) is 0 Å². The van der Waals surface area contributed by atoms with E-state index >= 15 is 0 Å². The second-order valence-electron chi connectivity index (χ2n) is 6.93. The topological polar surface area (TPSA) is 92.5 Å². The molecule has 2 aromatic heterocycles. The van der Waals surface area contributed by atoms with Crippen molar-refractivity contribution in [2.75, 3.05) is 11.9 Å². The van der Waals surface area contributed by atoms with E-state index < -0.39 is 5.91 Å². The summed E-state index contributed by atoms with van der Waals surface area (Å²) in [6, 6.07) is 3.85. The summed E-state index contributed by atoms with van der Waals surface area (Å²) >= 11 is 9.54. The molecule has 10 heteroatoms. The minimum Gasteiger partial charge on any atom is -0.365 e. The molecule has 0 unspecified atom stereocenters. The summed E-state index contributed by atoms with van der Waals surface area (Å²) in [7, 11) is 0. The fourth-order valence-electron chi connectivity index (χ4n) is 3.51. The zero-order valence-electron chi connectivity index (χ0n) is 15.9. The SMILES string of the molecule is NC(=O)c1c(NC(=O)CCN2C(=O)/C(=C/c3cccs3)SC2=S)sc2c1CCCC2. The third-order valence-electron chi connectivity index (χ3n) is 4.92. The van der Waals surface area contributed by atoms with Crippen molar-refractivity contribution >= 4 is 79.8 Å². The van der Waals surface area contributed by atoms with E-state index in [1.807, 2.05) is 23.6 Å². The highest BCUT2D eigenvalue weighted by Crippen LogP contribution is 2.38. The molecule has 0 spiro atoms. The number of aryl methyl sites for hydroxylation is 1. The predicted octanol–water partition coefficient (Wildman–Crippen LogP) is 4.02. The normalized spacial score (nSPS) is 17.5. The van der Waals surface area contributed by atoms with Crippen molar-refractivity contribution in [2.45, 2.75) is 32.1 Å². The van der Waals surface area contributed by atoms with Crippen LogP contribution in [-0.4, -0.2) is 33.5 Å². The van der Waals surface area contributed by atoms with E-state index in [4.69, 9.17) is 18.0 Å². The first-order chi connectivity index (χ1) is 14.4. The van der Waals surface area contributed by atoms with E-state index in [0.29, 0.717) is 19.8 Å². The summed E-state index contributed by atoms with van der Waals surface area (Å²) in [5.74, 6) is -0.969. The zero-order chi connectivity index (χ0) is 21.3. The summed E-state index contributed by atoms with van der Waals surface area (Å²) in [6.45, 7) is 0.190. The molecular formula is C20H19N3O3S4. The van der Waals surface area contributed by atoms with Gasteiger partial charge in [-0.3, -0.25) is 19.3 Å². The molecule has 3 heterocycles. The molecule has 0 atom stereocenters. The fraction of sp³-hybridized carbons (Fsp3) is 0.300. The summed E-state index contributed by atoms with van der Waals surface area (Å²) in [5, 5.41) is 5.29. The lowest BCUT2D eigenvalue weighted by Gasteiger charge is -2.14. The molecule has 1 aliphatic carbocycles. The molecule has 0 saturated carbocycles. The Balaban J connectivity index is 1.41. The molecule has 1 saturated heterocycles. The second kappa shape index (κ2) is 9.01. The average Bonchev–Trinajstić information content (AvgIpc) is 3.39. The Hall–Kier alpha value is -2.01. The predicted molar refractivity (Wildman–Crippen MR) is 127 cm³/mol. The monoisotopic (exact) mass is 477 g/mol. The molecular weight excluding hydrogens is 459 g/mol. The molecule has 3 amide bonds. The quantitative estimate of drug-likeness (QED) is 0.484. The van der Waals surface area contributed by atoms with Gasteiger partial charge in [0.05, 0.1) is 10.5 Å². The number of anilines is 1. The van der Waals surface area contributed by atoms with Crippen LogP contribution in [0.3, 0.4) is 0 Å². The van der Waals surface area contributed by atoms with Crippen molar-refractivity contribution in [3.05, 3.63) is 43.3 Å². The highest BCUT2D eigenvalue weighted by molar-refractivity contribution is 8.26. The van der Waals surface area contributed by atoms with Crippen molar-refractivity contribution in [2.24, 2.45) is 5.73 Å². The number of nitrogens with one attached hydrogen (secondary N) is 1. The highest BCUT2D eigenvalue weighted by atomic mass is 32.2. The molecule has 3 N–H and O–H groups in total. The first-order valence-corrected chi connectivity index (χ1v) is 12.4. The third-order valence-corrected chi connectivity index (χ3v) is 8.33. The second-order valence-corrected chi connectivity index (χ2v) is 10.7. The minimum atomic E-state index is -0.514. The average molecular weight is 478 g/mol. The molecule has 6 nitrogen and oxygen atoms in total. The smallest absolute Gasteiger partial charge is 0.266 e. The molecule has 1 fully saturated rings. The Labute approximate surface area is 191 Å². The van der Waals surface area contributed by atoms with Crippen molar-refractivity contribution in [1.29, 1.82) is 0 Å². The van der Waals surface area contributed by atoms with Gasteiger partial charge in [0.1, 0.15) is 9.32 Å². The maximum atomic E-state index is 12.7. The van der Waals surface area contributed by atoms with Crippen LogP contribution in [0.5, 0.6) is 0 Å². The molecule has 0 aromatic carbocycles. The van der Waals surface area contributed by atoms with Crippen LogP contribution in [-0.2, 0) is 22.4 Å². The van der Waals surface area contributed by atoms with Gasteiger partial charge < -0.3 is 11.1 Å². The number of hydrogen-bond acceptors (Lipinski definition) is 7. The Morgan fingerprint density at radius 2 is 2.10 bits per heavy atom. The van der Waals surface area contributed by atoms with Gasteiger partial charge in [0.25, 0.3) is 11.8 Å². The third kappa shape index (κ3) is 4.36. The number of rotatable bonds is 6. The number of nitrogens with two attached hydrogens (primary N) is 1. The lowest BCUT2D eigenvalue weighted by Crippen LogP contribution is -2.31. The van der Waals surface area contributed by atoms with Crippen molar-refractivity contribution in [3.63, 3.8) is 0 Å². The first-order valence-electron chi connectivity index (χ1n) is 9.47. The zero-order valence-corrected chi connectivity index (χ0v) is 19.2. The Morgan fingerprint density at radius 1 is 1.30 bits per heavy atom. The standard InChI is InChI=1S/C20H19N3O3S4/c21-17(25)16-12-5-1-2-6-13(12)29-18(16)22-15(24)7-8-23-19(26)14(30-20(23)27)10-11-4-3-9-28-11/h3-4,9-10H,1-2,5-8H2,(H2,21,25)(H,22,24)/b14-10-. The number of hydrogen-bond donors (Lipinski definition) is 2. The van der Waals surface area contributed by atoms with Crippen molar-refractivity contribution in [3.8, 4) is 0 Å². The summed E-state index contributed by atoms with van der Waals surface area (Å²) in [4.78, 5) is 41.3. The molecule has 1 aliphatic heterocycles. The number of amides is 3. The minimum absolute atomic E-state index is 0.0828. The molecule has 4 rings (SSSR count). The maximum absolute atomic E-state index is 12.7. The highest BCUT2D eigenvalue weighted by Gasteiger charge is 2.32. The van der Waals surface area contributed by atoms with Crippen molar-refractivity contribution < 1.29 is 14.4 Å². The van der Waals surface area contributed by atoms with E-state index in [1.165, 1.54) is 28.0 Å². The Kier molecular flexibility index (Phi) is 6.37. The lowest BCUT2D eigenvalue weighted by molar-refractivity contribution is -0.122. The number of thiocarbonyl (C=S) groups is 1. The number of thioether (sulfide) groups is 1. The van der Waals surface area contributed by atoms with Crippen molar-refractivity contribution in [1.82, 2.24) is 4.90 Å². The first kappa shape index (κ1) is 21.2. The molecule has 0 radical (unpaired) electrons. The number of thiophene rings is 2. The molecule has 0 bridgehead atoms. The largest absolute Gasteiger partial charge is 0.365 e. The summed E-state index contributed by atoms with van der Waals surface area (Å²) < 4.78 is 0.444. The molecule has 30 heavy (non-hydrogen) atoms. The van der Waals surface area contributed by atoms with Gasteiger partial charge in [-0.1, -0.05) is 30.0 Å². The summed E-state index contributed by atoms with van der Waals surface area (Å²) in [5.41, 5.74) is 6.99. The summed E-state index contributed by atoms with van der Waals surface area (Å²) in [6.07, 6.45) is 5.72. The van der Waals surface area contributed by atoms with Gasteiger partial charge in [0, 0.05) is 22.7 Å². The van der Waals surface area contributed by atoms with Crippen LogP contribution in [0, 0.1) is 0 Å². The van der Waals surface area contributed by atoms with E-state index in [1.54, 1.807) is 11.3 Å². The van der Waals surface area contributed by atoms with Crippen LogP contribution in [0.15, 0.2) is 22.4 Å². The Bertz CT molecular complexity index is 1060. The van der Waals surface area contributed by atoms with Crippen LogP contribution < -0.4 is 11.1 Å². The number of nitrogens with zero attached hydrogens (tertiary/aromatic N) is 1. The van der Waals surface area contributed by atoms with E-state index in [0.717, 1.165) is 41.0 Å².